The Morgan fingerprint density at radius 1 is 1.42 bits per heavy atom. The van der Waals surface area contributed by atoms with Gasteiger partial charge in [0.05, 0.1) is 6.61 Å². The zero-order valence-electron chi connectivity index (χ0n) is 11.5. The number of nitrogens with two attached hydrogens (primary N) is 1. The minimum Gasteiger partial charge on any atom is -0.476 e. The van der Waals surface area contributed by atoms with Crippen molar-refractivity contribution in [3.05, 3.63) is 29.6 Å². The first-order valence-corrected chi connectivity index (χ1v) is 6.37. The van der Waals surface area contributed by atoms with E-state index in [2.05, 4.69) is 0 Å². The van der Waals surface area contributed by atoms with Crippen LogP contribution in [0.1, 0.15) is 38.8 Å². The molecule has 0 aliphatic carbocycles. The molecule has 4 nitrogen and oxygen atoms in total. The van der Waals surface area contributed by atoms with Gasteiger partial charge in [0.2, 0.25) is 0 Å². The predicted molar refractivity (Wildman–Crippen MR) is 70.3 cm³/mol. The highest BCUT2D eigenvalue weighted by atomic mass is 19.1. The van der Waals surface area contributed by atoms with E-state index in [-0.39, 0.29) is 18.4 Å². The molecule has 0 radical (unpaired) electrons. The van der Waals surface area contributed by atoms with Gasteiger partial charge in [0.15, 0.2) is 17.7 Å². The summed E-state index contributed by atoms with van der Waals surface area (Å²) in [6, 6.07) is 4.23. The largest absolute Gasteiger partial charge is 0.476 e. The predicted octanol–water partition coefficient (Wildman–Crippen LogP) is 2.57. The molecule has 0 spiro atoms. The lowest BCUT2D eigenvalue weighted by Gasteiger charge is -2.17. The molecule has 0 aliphatic heterocycles. The lowest BCUT2D eigenvalue weighted by molar-refractivity contribution is -0.151. The van der Waals surface area contributed by atoms with Crippen LogP contribution in [0.2, 0.25) is 0 Å². The van der Waals surface area contributed by atoms with Crippen LogP contribution in [0.25, 0.3) is 0 Å². The van der Waals surface area contributed by atoms with Crippen molar-refractivity contribution in [1.29, 1.82) is 0 Å². The first kappa shape index (κ1) is 15.4. The molecule has 1 aromatic rings. The monoisotopic (exact) mass is 269 g/mol. The lowest BCUT2D eigenvalue weighted by Crippen LogP contribution is -2.29. The van der Waals surface area contributed by atoms with Crippen LogP contribution in [0.15, 0.2) is 18.2 Å². The maximum absolute atomic E-state index is 13.8. The molecule has 0 bridgehead atoms. The number of ether oxygens (including phenoxy) is 2. The van der Waals surface area contributed by atoms with Crippen LogP contribution in [-0.2, 0) is 9.53 Å². The summed E-state index contributed by atoms with van der Waals surface area (Å²) in [5, 5.41) is 0. The van der Waals surface area contributed by atoms with E-state index < -0.39 is 17.9 Å². The number of halogens is 1. The fourth-order valence-electron chi connectivity index (χ4n) is 1.58. The van der Waals surface area contributed by atoms with Gasteiger partial charge >= 0.3 is 5.97 Å². The Morgan fingerprint density at radius 2 is 2.11 bits per heavy atom. The number of benzene rings is 1. The molecule has 0 aromatic heterocycles. The van der Waals surface area contributed by atoms with Crippen LogP contribution in [0.4, 0.5) is 4.39 Å². The van der Waals surface area contributed by atoms with Crippen molar-refractivity contribution in [3.63, 3.8) is 0 Å². The third kappa shape index (κ3) is 4.21. The second kappa shape index (κ2) is 7.09. The van der Waals surface area contributed by atoms with Crippen molar-refractivity contribution in [1.82, 2.24) is 0 Å². The summed E-state index contributed by atoms with van der Waals surface area (Å²) in [5.74, 6) is -0.984. The van der Waals surface area contributed by atoms with Crippen molar-refractivity contribution in [2.24, 2.45) is 5.73 Å². The van der Waals surface area contributed by atoms with Gasteiger partial charge in [-0.25, -0.2) is 9.18 Å². The first-order chi connectivity index (χ1) is 8.99. The highest BCUT2D eigenvalue weighted by Crippen LogP contribution is 2.23. The Morgan fingerprint density at radius 3 is 2.58 bits per heavy atom. The van der Waals surface area contributed by atoms with Crippen LogP contribution >= 0.6 is 0 Å². The molecule has 106 valence electrons. The minimum absolute atomic E-state index is 0.0318. The Labute approximate surface area is 112 Å². The number of hydrogen-bond donors (Lipinski definition) is 1. The molecule has 2 N–H and O–H groups in total. The summed E-state index contributed by atoms with van der Waals surface area (Å²) < 4.78 is 24.0. The summed E-state index contributed by atoms with van der Waals surface area (Å²) in [5.41, 5.74) is 6.34. The molecule has 1 unspecified atom stereocenters. The highest BCUT2D eigenvalue weighted by molar-refractivity contribution is 5.75. The van der Waals surface area contributed by atoms with E-state index in [4.69, 9.17) is 15.2 Å². The fraction of sp³-hybridized carbons (Fsp3) is 0.500. The molecule has 0 saturated carbocycles. The normalized spacial score (nSPS) is 13.7. The zero-order chi connectivity index (χ0) is 14.4. The molecular formula is C14H20FNO3. The average molecular weight is 269 g/mol. The average Bonchev–Trinajstić information content (AvgIpc) is 2.37. The lowest BCUT2D eigenvalue weighted by atomic mass is 10.1. The highest BCUT2D eigenvalue weighted by Gasteiger charge is 2.21. The molecule has 0 aliphatic rings. The maximum Gasteiger partial charge on any atom is 0.347 e. The Bertz CT molecular complexity index is 435. The van der Waals surface area contributed by atoms with Crippen molar-refractivity contribution < 1.29 is 18.7 Å². The number of hydrogen-bond acceptors (Lipinski definition) is 4. The van der Waals surface area contributed by atoms with Gasteiger partial charge in [0.25, 0.3) is 0 Å². The number of rotatable bonds is 6. The van der Waals surface area contributed by atoms with Crippen molar-refractivity contribution >= 4 is 5.97 Å². The minimum atomic E-state index is -0.796. The number of esters is 1. The smallest absolute Gasteiger partial charge is 0.347 e. The van der Waals surface area contributed by atoms with Gasteiger partial charge in [-0.2, -0.15) is 0 Å². The summed E-state index contributed by atoms with van der Waals surface area (Å²) in [6.45, 7) is 5.52. The van der Waals surface area contributed by atoms with Crippen molar-refractivity contribution in [2.45, 2.75) is 39.3 Å². The van der Waals surface area contributed by atoms with E-state index in [0.29, 0.717) is 12.0 Å². The van der Waals surface area contributed by atoms with E-state index in [1.54, 1.807) is 26.8 Å². The van der Waals surface area contributed by atoms with E-state index in [1.807, 2.05) is 0 Å². The molecule has 19 heavy (non-hydrogen) atoms. The SMILES string of the molecule is CCOC(=O)C(CC)Oc1ccc([C@@H](C)N)cc1F. The van der Waals surface area contributed by atoms with Crippen LogP contribution in [0.5, 0.6) is 5.75 Å². The van der Waals surface area contributed by atoms with Crippen LogP contribution in [0.3, 0.4) is 0 Å². The molecule has 5 heteroatoms. The third-order valence-corrected chi connectivity index (χ3v) is 2.67. The molecule has 0 saturated heterocycles. The summed E-state index contributed by atoms with van der Waals surface area (Å²) in [6.07, 6.45) is -0.386. The quantitative estimate of drug-likeness (QED) is 0.806. The van der Waals surface area contributed by atoms with Gasteiger partial charge in [-0.1, -0.05) is 13.0 Å². The molecule has 0 fully saturated rings. The Balaban J connectivity index is 2.83. The fourth-order valence-corrected chi connectivity index (χ4v) is 1.58. The number of carbonyl (C=O) groups excluding carboxylic acids is 1. The molecule has 0 heterocycles. The molecule has 2 atom stereocenters. The second-order valence-corrected chi connectivity index (χ2v) is 4.25. The van der Waals surface area contributed by atoms with Crippen molar-refractivity contribution in [2.75, 3.05) is 6.61 Å². The molecule has 1 aromatic carbocycles. The summed E-state index contributed by atoms with van der Waals surface area (Å²) in [7, 11) is 0. The van der Waals surface area contributed by atoms with E-state index in [1.165, 1.54) is 12.1 Å². The second-order valence-electron chi connectivity index (χ2n) is 4.25. The number of carbonyl (C=O) groups is 1. The van der Waals surface area contributed by atoms with Crippen LogP contribution < -0.4 is 10.5 Å². The first-order valence-electron chi connectivity index (χ1n) is 6.37. The summed E-state index contributed by atoms with van der Waals surface area (Å²) in [4.78, 5) is 11.6. The van der Waals surface area contributed by atoms with Gasteiger partial charge in [0, 0.05) is 6.04 Å². The van der Waals surface area contributed by atoms with Crippen molar-refractivity contribution in [3.8, 4) is 5.75 Å². The van der Waals surface area contributed by atoms with E-state index in [9.17, 15) is 9.18 Å². The maximum atomic E-state index is 13.8. The molecule has 1 rings (SSSR count). The topological polar surface area (TPSA) is 61.5 Å². The summed E-state index contributed by atoms with van der Waals surface area (Å²) >= 11 is 0. The Hall–Kier alpha value is -1.62. The van der Waals surface area contributed by atoms with Gasteiger partial charge in [-0.3, -0.25) is 0 Å². The van der Waals surface area contributed by atoms with Gasteiger partial charge in [0.1, 0.15) is 0 Å². The zero-order valence-corrected chi connectivity index (χ0v) is 11.5. The molecule has 0 amide bonds. The Kier molecular flexibility index (Phi) is 5.76. The van der Waals surface area contributed by atoms with E-state index in [0.717, 1.165) is 0 Å². The van der Waals surface area contributed by atoms with Crippen LogP contribution in [0, 0.1) is 5.82 Å². The van der Waals surface area contributed by atoms with Gasteiger partial charge in [-0.05, 0) is 38.0 Å². The standard InChI is InChI=1S/C14H20FNO3/c1-4-12(14(17)18-5-2)19-13-7-6-10(9(3)16)8-11(13)15/h6-9,12H,4-5,16H2,1-3H3/t9-,12?/m1/s1. The van der Waals surface area contributed by atoms with Crippen LogP contribution in [-0.4, -0.2) is 18.7 Å². The third-order valence-electron chi connectivity index (χ3n) is 2.67. The van der Waals surface area contributed by atoms with Gasteiger partial charge in [-0.15, -0.1) is 0 Å². The van der Waals surface area contributed by atoms with Gasteiger partial charge < -0.3 is 15.2 Å². The van der Waals surface area contributed by atoms with E-state index >= 15 is 0 Å². The molecular weight excluding hydrogens is 249 g/mol.